The predicted octanol–water partition coefficient (Wildman–Crippen LogP) is 6.04. The molecule has 5 rings (SSSR count). The van der Waals surface area contributed by atoms with Gasteiger partial charge in [-0.05, 0) is 56.2 Å². The van der Waals surface area contributed by atoms with Crippen LogP contribution >= 0.6 is 23.1 Å². The van der Waals surface area contributed by atoms with Crippen LogP contribution in [0.2, 0.25) is 0 Å². The van der Waals surface area contributed by atoms with Crippen molar-refractivity contribution in [3.05, 3.63) is 86.3 Å². The number of benzene rings is 2. The van der Waals surface area contributed by atoms with Gasteiger partial charge in [0.15, 0.2) is 5.16 Å². The predicted molar refractivity (Wildman–Crippen MR) is 128 cm³/mol. The summed E-state index contributed by atoms with van der Waals surface area (Å²) in [5, 5.41) is 1.30. The van der Waals surface area contributed by atoms with E-state index in [4.69, 9.17) is 9.72 Å². The number of ether oxygens (including phenoxy) is 1. The van der Waals surface area contributed by atoms with Crippen LogP contribution in [0.1, 0.15) is 35.4 Å². The van der Waals surface area contributed by atoms with Crippen molar-refractivity contribution in [2.75, 3.05) is 0 Å². The molecular formula is C25H23FN2O2S2. The lowest BCUT2D eigenvalue weighted by atomic mass is 9.94. The molecule has 2 aromatic carbocycles. The molecule has 0 saturated carbocycles. The van der Waals surface area contributed by atoms with Crippen LogP contribution in [0.5, 0.6) is 0 Å². The molecule has 4 aromatic rings. The number of aryl methyl sites for hydroxylation is 1. The highest BCUT2D eigenvalue weighted by atomic mass is 32.2. The highest BCUT2D eigenvalue weighted by Crippen LogP contribution is 2.38. The van der Waals surface area contributed by atoms with Crippen molar-refractivity contribution < 1.29 is 9.13 Å². The first-order valence-corrected chi connectivity index (χ1v) is 12.3. The van der Waals surface area contributed by atoms with E-state index in [2.05, 4.69) is 13.8 Å². The Labute approximate surface area is 194 Å². The summed E-state index contributed by atoms with van der Waals surface area (Å²) in [5.74, 6) is 0.249. The zero-order valence-corrected chi connectivity index (χ0v) is 19.8. The number of nitrogens with zero attached hydrogens (tertiary/aromatic N) is 2. The van der Waals surface area contributed by atoms with Gasteiger partial charge in [0.05, 0.1) is 23.3 Å². The molecule has 0 N–H and O–H groups in total. The summed E-state index contributed by atoms with van der Waals surface area (Å²) in [5.41, 5.74) is 3.43. The van der Waals surface area contributed by atoms with Crippen molar-refractivity contribution in [2.24, 2.45) is 0 Å². The monoisotopic (exact) mass is 466 g/mol. The molecule has 0 bridgehead atoms. The van der Waals surface area contributed by atoms with Crippen LogP contribution in [-0.4, -0.2) is 15.2 Å². The number of thiophene rings is 1. The quantitative estimate of drug-likeness (QED) is 0.272. The zero-order chi connectivity index (χ0) is 22.5. The van der Waals surface area contributed by atoms with Gasteiger partial charge in [-0.15, -0.1) is 11.3 Å². The molecule has 2 aromatic heterocycles. The summed E-state index contributed by atoms with van der Waals surface area (Å²) in [6, 6.07) is 14.4. The van der Waals surface area contributed by atoms with E-state index in [0.717, 1.165) is 32.1 Å². The van der Waals surface area contributed by atoms with Crippen molar-refractivity contribution in [3.63, 3.8) is 0 Å². The van der Waals surface area contributed by atoms with Crippen molar-refractivity contribution >= 4 is 33.3 Å². The molecule has 0 unspecified atom stereocenters. The molecule has 0 fully saturated rings. The number of halogens is 1. The molecule has 0 saturated heterocycles. The fourth-order valence-corrected chi connectivity index (χ4v) is 6.07. The van der Waals surface area contributed by atoms with Crippen LogP contribution in [0.4, 0.5) is 4.39 Å². The average molecular weight is 467 g/mol. The Balaban J connectivity index is 1.67. The fraction of sp³-hybridized carbons (Fsp3) is 0.280. The normalized spacial score (nSPS) is 15.1. The Kier molecular flexibility index (Phi) is 5.43. The van der Waals surface area contributed by atoms with Crippen molar-refractivity contribution in [3.8, 4) is 5.69 Å². The Morgan fingerprint density at radius 2 is 2.00 bits per heavy atom. The Bertz CT molecular complexity index is 1370. The Morgan fingerprint density at radius 1 is 1.22 bits per heavy atom. The maximum absolute atomic E-state index is 13.9. The van der Waals surface area contributed by atoms with Crippen molar-refractivity contribution in [2.45, 2.75) is 50.3 Å². The first-order valence-electron chi connectivity index (χ1n) is 10.5. The molecular weight excluding hydrogens is 443 g/mol. The summed E-state index contributed by atoms with van der Waals surface area (Å²) >= 11 is 2.98. The second-order valence-corrected chi connectivity index (χ2v) is 10.7. The van der Waals surface area contributed by atoms with E-state index in [-0.39, 0.29) is 17.0 Å². The minimum Gasteiger partial charge on any atom is -0.370 e. The standard InChI is InChI=1S/C25H23FN2O2S2/c1-15-7-9-18(10-8-15)28-23(29)21-19-12-25(2,3)30-13-20(19)32-22(21)27-24(28)31-14-16-5-4-6-17(26)11-16/h4-11H,12-14H2,1-3H3. The molecule has 0 amide bonds. The van der Waals surface area contributed by atoms with Gasteiger partial charge in [0.25, 0.3) is 5.56 Å². The summed E-state index contributed by atoms with van der Waals surface area (Å²) in [4.78, 5) is 20.6. The molecule has 0 aliphatic carbocycles. The molecule has 0 spiro atoms. The maximum Gasteiger partial charge on any atom is 0.267 e. The van der Waals surface area contributed by atoms with Gasteiger partial charge in [0.1, 0.15) is 10.6 Å². The second-order valence-electron chi connectivity index (χ2n) is 8.70. The van der Waals surface area contributed by atoms with E-state index in [1.54, 1.807) is 10.6 Å². The van der Waals surface area contributed by atoms with E-state index in [9.17, 15) is 9.18 Å². The number of hydrogen-bond acceptors (Lipinski definition) is 5. The third kappa shape index (κ3) is 4.00. The smallest absolute Gasteiger partial charge is 0.267 e. The topological polar surface area (TPSA) is 44.1 Å². The van der Waals surface area contributed by atoms with Crippen LogP contribution < -0.4 is 5.56 Å². The van der Waals surface area contributed by atoms with Gasteiger partial charge in [-0.2, -0.15) is 0 Å². The third-order valence-electron chi connectivity index (χ3n) is 5.62. The van der Waals surface area contributed by atoms with Crippen molar-refractivity contribution in [1.29, 1.82) is 0 Å². The maximum atomic E-state index is 13.9. The lowest BCUT2D eigenvalue weighted by Crippen LogP contribution is -2.32. The van der Waals surface area contributed by atoms with Gasteiger partial charge in [0, 0.05) is 17.1 Å². The van der Waals surface area contributed by atoms with Gasteiger partial charge >= 0.3 is 0 Å². The minimum absolute atomic E-state index is 0.0594. The minimum atomic E-state index is -0.313. The molecule has 0 radical (unpaired) electrons. The van der Waals surface area contributed by atoms with Crippen molar-refractivity contribution in [1.82, 2.24) is 9.55 Å². The van der Waals surface area contributed by atoms with Crippen LogP contribution in [0.3, 0.4) is 0 Å². The highest BCUT2D eigenvalue weighted by Gasteiger charge is 2.31. The van der Waals surface area contributed by atoms with E-state index in [0.29, 0.717) is 29.3 Å². The largest absolute Gasteiger partial charge is 0.370 e. The first kappa shape index (κ1) is 21.4. The van der Waals surface area contributed by atoms with Gasteiger partial charge in [-0.3, -0.25) is 9.36 Å². The lowest BCUT2D eigenvalue weighted by Gasteiger charge is -2.29. The number of fused-ring (bicyclic) bond motifs is 3. The Hall–Kier alpha value is -2.48. The van der Waals surface area contributed by atoms with Gasteiger partial charge < -0.3 is 4.74 Å². The number of thioether (sulfide) groups is 1. The van der Waals surface area contributed by atoms with E-state index >= 15 is 0 Å². The first-order chi connectivity index (χ1) is 15.3. The zero-order valence-electron chi connectivity index (χ0n) is 18.1. The molecule has 1 aliphatic rings. The average Bonchev–Trinajstić information content (AvgIpc) is 3.10. The van der Waals surface area contributed by atoms with Crippen LogP contribution in [0.25, 0.3) is 15.9 Å². The summed E-state index contributed by atoms with van der Waals surface area (Å²) in [7, 11) is 0. The molecule has 3 heterocycles. The Morgan fingerprint density at radius 3 is 2.75 bits per heavy atom. The number of rotatable bonds is 4. The van der Waals surface area contributed by atoms with Crippen LogP contribution in [-0.2, 0) is 23.5 Å². The molecule has 7 heteroatoms. The second kappa shape index (κ2) is 8.14. The summed E-state index contributed by atoms with van der Waals surface area (Å²) in [6.07, 6.45) is 0.683. The third-order valence-corrected chi connectivity index (χ3v) is 7.73. The van der Waals surface area contributed by atoms with E-state index in [1.165, 1.54) is 35.2 Å². The van der Waals surface area contributed by atoms with E-state index < -0.39 is 0 Å². The molecule has 32 heavy (non-hydrogen) atoms. The van der Waals surface area contributed by atoms with E-state index in [1.807, 2.05) is 37.3 Å². The van der Waals surface area contributed by atoms with Crippen LogP contribution in [0.15, 0.2) is 58.5 Å². The van der Waals surface area contributed by atoms with Gasteiger partial charge in [0.2, 0.25) is 0 Å². The highest BCUT2D eigenvalue weighted by molar-refractivity contribution is 7.98. The van der Waals surface area contributed by atoms with Crippen LogP contribution in [0, 0.1) is 12.7 Å². The van der Waals surface area contributed by atoms with Gasteiger partial charge in [-0.25, -0.2) is 9.37 Å². The molecule has 4 nitrogen and oxygen atoms in total. The molecule has 1 aliphatic heterocycles. The number of aromatic nitrogens is 2. The molecule has 0 atom stereocenters. The fourth-order valence-electron chi connectivity index (χ4n) is 3.97. The lowest BCUT2D eigenvalue weighted by molar-refractivity contribution is -0.0379. The summed E-state index contributed by atoms with van der Waals surface area (Å²) in [6.45, 7) is 6.62. The summed E-state index contributed by atoms with van der Waals surface area (Å²) < 4.78 is 21.3. The molecule has 164 valence electrons. The van der Waals surface area contributed by atoms with Gasteiger partial charge in [-0.1, -0.05) is 41.6 Å². The SMILES string of the molecule is Cc1ccc(-n2c(SCc3cccc(F)c3)nc3sc4c(c3c2=O)CC(C)(C)OC4)cc1. The number of hydrogen-bond donors (Lipinski definition) is 0.